The lowest BCUT2D eigenvalue weighted by Crippen LogP contribution is -2.29. The zero-order valence-corrected chi connectivity index (χ0v) is 17.6. The maximum atomic E-state index is 12.9. The Hall–Kier alpha value is -2.15. The van der Waals surface area contributed by atoms with Crippen molar-refractivity contribution in [3.63, 3.8) is 0 Å². The lowest BCUT2D eigenvalue weighted by Gasteiger charge is -2.14. The first-order chi connectivity index (χ1) is 13.4. The van der Waals surface area contributed by atoms with Crippen molar-refractivity contribution in [1.82, 2.24) is 4.90 Å². The van der Waals surface area contributed by atoms with Gasteiger partial charge in [-0.15, -0.1) is 0 Å². The zero-order chi connectivity index (χ0) is 20.3. The Morgan fingerprint density at radius 1 is 1.25 bits per heavy atom. The average Bonchev–Trinajstić information content (AvgIpc) is 2.95. The van der Waals surface area contributed by atoms with Gasteiger partial charge in [0.25, 0.3) is 5.91 Å². The number of ether oxygens (including phenoxy) is 1. The lowest BCUT2D eigenvalue weighted by atomic mass is 10.2. The molecule has 3 rings (SSSR count). The predicted octanol–water partition coefficient (Wildman–Crippen LogP) is 5.72. The van der Waals surface area contributed by atoms with Gasteiger partial charge in [-0.25, -0.2) is 4.99 Å². The molecule has 1 fully saturated rings. The van der Waals surface area contributed by atoms with Crippen LogP contribution in [0.1, 0.15) is 18.9 Å². The van der Waals surface area contributed by atoms with E-state index < -0.39 is 0 Å². The van der Waals surface area contributed by atoms with Crippen LogP contribution in [0.5, 0.6) is 11.5 Å². The molecule has 0 aromatic heterocycles. The van der Waals surface area contributed by atoms with Crippen LogP contribution in [0.25, 0.3) is 6.08 Å². The van der Waals surface area contributed by atoms with Gasteiger partial charge in [0.05, 0.1) is 22.7 Å². The molecule has 5 nitrogen and oxygen atoms in total. The first kappa shape index (κ1) is 20.6. The summed E-state index contributed by atoms with van der Waals surface area (Å²) in [6.07, 6.45) is 2.37. The van der Waals surface area contributed by atoms with E-state index in [1.807, 2.05) is 31.2 Å². The van der Waals surface area contributed by atoms with Gasteiger partial charge >= 0.3 is 0 Å². The van der Waals surface area contributed by atoms with Crippen LogP contribution in [0.15, 0.2) is 46.3 Å². The monoisotopic (exact) mass is 436 g/mol. The lowest BCUT2D eigenvalue weighted by molar-refractivity contribution is -0.122. The summed E-state index contributed by atoms with van der Waals surface area (Å²) in [7, 11) is 1.60. The fraction of sp³-hybridized carbons (Fsp3) is 0.200. The van der Waals surface area contributed by atoms with Crippen LogP contribution in [-0.2, 0) is 4.79 Å². The Bertz CT molecular complexity index is 959. The molecule has 2 aromatic rings. The summed E-state index contributed by atoms with van der Waals surface area (Å²) >= 11 is 13.2. The first-order valence-electron chi connectivity index (χ1n) is 8.55. The highest BCUT2D eigenvalue weighted by molar-refractivity contribution is 8.18. The quantitative estimate of drug-likeness (QED) is 0.608. The minimum absolute atomic E-state index is 0.116. The van der Waals surface area contributed by atoms with Crippen molar-refractivity contribution in [3.8, 4) is 11.5 Å². The summed E-state index contributed by atoms with van der Waals surface area (Å²) in [6.45, 7) is 2.54. The topological polar surface area (TPSA) is 62.1 Å². The number of amidine groups is 1. The minimum atomic E-state index is -0.172. The fourth-order valence-corrected chi connectivity index (χ4v) is 4.14. The van der Waals surface area contributed by atoms with Crippen LogP contribution >= 0.6 is 35.0 Å². The van der Waals surface area contributed by atoms with Crippen LogP contribution in [0.3, 0.4) is 0 Å². The molecule has 8 heteroatoms. The molecule has 146 valence electrons. The summed E-state index contributed by atoms with van der Waals surface area (Å²) in [5.41, 5.74) is 1.10. The van der Waals surface area contributed by atoms with Crippen LogP contribution < -0.4 is 4.74 Å². The van der Waals surface area contributed by atoms with Crippen molar-refractivity contribution in [2.75, 3.05) is 13.7 Å². The van der Waals surface area contributed by atoms with E-state index >= 15 is 0 Å². The summed E-state index contributed by atoms with van der Waals surface area (Å²) in [5, 5.41) is 11.3. The van der Waals surface area contributed by atoms with Crippen molar-refractivity contribution in [1.29, 1.82) is 0 Å². The Kier molecular flexibility index (Phi) is 6.54. The van der Waals surface area contributed by atoms with Crippen molar-refractivity contribution in [3.05, 3.63) is 56.9 Å². The van der Waals surface area contributed by atoms with Gasteiger partial charge in [-0.3, -0.25) is 9.69 Å². The molecule has 1 saturated heterocycles. The molecule has 1 aliphatic rings. The summed E-state index contributed by atoms with van der Waals surface area (Å²) in [6, 6.07) is 10.3. The number of thioether (sulfide) groups is 1. The smallest absolute Gasteiger partial charge is 0.266 e. The highest BCUT2D eigenvalue weighted by Crippen LogP contribution is 2.38. The summed E-state index contributed by atoms with van der Waals surface area (Å²) in [5.74, 6) is 0.447. The third-order valence-corrected chi connectivity index (χ3v) is 5.49. The molecule has 0 spiro atoms. The average molecular weight is 437 g/mol. The number of hydrogen-bond acceptors (Lipinski definition) is 5. The SMILES string of the molecule is CCCN1C(=O)/C(=C\c2cc(Cl)cc(Cl)c2O)SC1=Nc1ccc(OC)cc1. The van der Waals surface area contributed by atoms with E-state index in [2.05, 4.69) is 4.99 Å². The molecule has 1 aliphatic heterocycles. The number of benzene rings is 2. The van der Waals surface area contributed by atoms with E-state index in [1.54, 1.807) is 24.2 Å². The molecule has 28 heavy (non-hydrogen) atoms. The molecular weight excluding hydrogens is 419 g/mol. The second kappa shape index (κ2) is 8.90. The standard InChI is InChI=1S/C20H18Cl2N2O3S/c1-3-8-24-19(26)17(10-12-9-13(21)11-16(22)18(12)25)28-20(24)23-14-4-6-15(27-2)7-5-14/h4-7,9-11,25H,3,8H2,1-2H3/b17-10+,23-20?. The third-order valence-electron chi connectivity index (χ3n) is 3.98. The molecule has 0 unspecified atom stereocenters. The summed E-state index contributed by atoms with van der Waals surface area (Å²) < 4.78 is 5.16. The van der Waals surface area contributed by atoms with E-state index in [9.17, 15) is 9.90 Å². The second-order valence-corrected chi connectivity index (χ2v) is 7.84. The van der Waals surface area contributed by atoms with Gasteiger partial charge in [-0.2, -0.15) is 0 Å². The van der Waals surface area contributed by atoms with Gasteiger partial charge in [-0.05, 0) is 60.7 Å². The van der Waals surface area contributed by atoms with Crippen molar-refractivity contribution in [2.24, 2.45) is 4.99 Å². The predicted molar refractivity (Wildman–Crippen MR) is 116 cm³/mol. The highest BCUT2D eigenvalue weighted by Gasteiger charge is 2.33. The molecule has 0 aliphatic carbocycles. The van der Waals surface area contributed by atoms with E-state index in [0.717, 1.165) is 12.2 Å². The van der Waals surface area contributed by atoms with Gasteiger partial charge < -0.3 is 9.84 Å². The number of rotatable bonds is 5. The van der Waals surface area contributed by atoms with E-state index in [0.29, 0.717) is 32.9 Å². The third kappa shape index (κ3) is 4.46. The number of halogens is 2. The van der Waals surface area contributed by atoms with Crippen molar-refractivity contribution in [2.45, 2.75) is 13.3 Å². The molecule has 0 radical (unpaired) electrons. The van der Waals surface area contributed by atoms with Gasteiger partial charge in [-0.1, -0.05) is 30.1 Å². The molecule has 0 saturated carbocycles. The fourth-order valence-electron chi connectivity index (χ4n) is 2.62. The molecule has 1 N–H and O–H groups in total. The van der Waals surface area contributed by atoms with Gasteiger partial charge in [0.2, 0.25) is 0 Å². The summed E-state index contributed by atoms with van der Waals surface area (Å²) in [4.78, 5) is 19.5. The number of phenols is 1. The number of methoxy groups -OCH3 is 1. The van der Waals surface area contributed by atoms with Crippen LogP contribution in [-0.4, -0.2) is 34.7 Å². The number of phenolic OH excluding ortho intramolecular Hbond substituents is 1. The van der Waals surface area contributed by atoms with Gasteiger partial charge in [0.15, 0.2) is 5.17 Å². The minimum Gasteiger partial charge on any atom is -0.506 e. The number of carbonyl (C=O) groups excluding carboxylic acids is 1. The molecular formula is C20H18Cl2N2O3S. The van der Waals surface area contributed by atoms with Crippen LogP contribution in [0.2, 0.25) is 10.0 Å². The number of aliphatic imine (C=N–C) groups is 1. The number of nitrogens with zero attached hydrogens (tertiary/aromatic N) is 2. The maximum Gasteiger partial charge on any atom is 0.266 e. The van der Waals surface area contributed by atoms with E-state index in [4.69, 9.17) is 27.9 Å². The number of carbonyl (C=O) groups is 1. The largest absolute Gasteiger partial charge is 0.506 e. The molecule has 1 heterocycles. The van der Waals surface area contributed by atoms with Crippen LogP contribution in [0, 0.1) is 0 Å². The first-order valence-corrected chi connectivity index (χ1v) is 10.1. The Labute approximate surface area is 177 Å². The van der Waals surface area contributed by atoms with Crippen molar-refractivity contribution >= 4 is 57.8 Å². The highest BCUT2D eigenvalue weighted by atomic mass is 35.5. The maximum absolute atomic E-state index is 12.9. The Balaban J connectivity index is 1.97. The Morgan fingerprint density at radius 2 is 1.96 bits per heavy atom. The van der Waals surface area contributed by atoms with Crippen molar-refractivity contribution < 1.29 is 14.6 Å². The molecule has 0 atom stereocenters. The molecule has 0 bridgehead atoms. The van der Waals surface area contributed by atoms with Crippen LogP contribution in [0.4, 0.5) is 5.69 Å². The second-order valence-electron chi connectivity index (χ2n) is 5.99. The van der Waals surface area contributed by atoms with E-state index in [1.165, 1.54) is 17.8 Å². The number of aromatic hydroxyl groups is 1. The zero-order valence-electron chi connectivity index (χ0n) is 15.3. The van der Waals surface area contributed by atoms with Gasteiger partial charge in [0, 0.05) is 17.1 Å². The molecule has 2 aromatic carbocycles. The van der Waals surface area contributed by atoms with Gasteiger partial charge in [0.1, 0.15) is 11.5 Å². The normalized spacial score (nSPS) is 17.0. The number of hydrogen-bond donors (Lipinski definition) is 1. The Morgan fingerprint density at radius 3 is 2.61 bits per heavy atom. The van der Waals surface area contributed by atoms with E-state index in [-0.39, 0.29) is 16.7 Å². The number of amides is 1. The molecule has 1 amide bonds.